The van der Waals surface area contributed by atoms with Crippen LogP contribution in [-0.4, -0.2) is 41.4 Å². The molecule has 2 atom stereocenters. The minimum absolute atomic E-state index is 0.0651. The molecule has 28 heavy (non-hydrogen) atoms. The van der Waals surface area contributed by atoms with Gasteiger partial charge in [0, 0.05) is 18.8 Å². The Morgan fingerprint density at radius 3 is 2.43 bits per heavy atom. The maximum atomic E-state index is 12.9. The predicted octanol–water partition coefficient (Wildman–Crippen LogP) is 4.67. The summed E-state index contributed by atoms with van der Waals surface area (Å²) < 4.78 is 5.83. The zero-order valence-electron chi connectivity index (χ0n) is 16.9. The average Bonchev–Trinajstić information content (AvgIpc) is 3.50. The zero-order valence-corrected chi connectivity index (χ0v) is 16.9. The van der Waals surface area contributed by atoms with E-state index in [1.165, 1.54) is 0 Å². The highest BCUT2D eigenvalue weighted by Crippen LogP contribution is 2.44. The van der Waals surface area contributed by atoms with Crippen LogP contribution >= 0.6 is 0 Å². The molecule has 6 heteroatoms. The highest BCUT2D eigenvalue weighted by atomic mass is 16.5. The molecule has 0 aromatic heterocycles. The van der Waals surface area contributed by atoms with Crippen molar-refractivity contribution >= 4 is 17.7 Å². The second-order valence-corrected chi connectivity index (χ2v) is 8.46. The van der Waals surface area contributed by atoms with Gasteiger partial charge in [-0.3, -0.25) is 9.69 Å². The maximum absolute atomic E-state index is 12.9. The van der Waals surface area contributed by atoms with Gasteiger partial charge in [-0.15, -0.1) is 0 Å². The van der Waals surface area contributed by atoms with E-state index in [1.807, 2.05) is 24.3 Å². The molecule has 0 bridgehead atoms. The molecule has 2 amide bonds. The van der Waals surface area contributed by atoms with Crippen LogP contribution in [0.15, 0.2) is 24.3 Å². The molecule has 3 rings (SSSR count). The largest absolute Gasteiger partial charge is 0.481 e. The molecule has 1 aliphatic heterocycles. The molecule has 1 saturated carbocycles. The van der Waals surface area contributed by atoms with Crippen molar-refractivity contribution in [2.45, 2.75) is 64.5 Å². The van der Waals surface area contributed by atoms with Gasteiger partial charge >= 0.3 is 12.0 Å². The lowest BCUT2D eigenvalue weighted by Gasteiger charge is -2.35. The van der Waals surface area contributed by atoms with Gasteiger partial charge < -0.3 is 15.2 Å². The number of hydrogen-bond donors (Lipinski definition) is 2. The number of carbonyl (C=O) groups excluding carboxylic acids is 1. The molecule has 0 radical (unpaired) electrons. The van der Waals surface area contributed by atoms with E-state index in [9.17, 15) is 14.7 Å². The van der Waals surface area contributed by atoms with E-state index in [4.69, 9.17) is 4.74 Å². The fourth-order valence-corrected chi connectivity index (χ4v) is 3.95. The van der Waals surface area contributed by atoms with Crippen molar-refractivity contribution in [2.75, 3.05) is 18.5 Å². The Bertz CT molecular complexity index is 664. The molecule has 2 fully saturated rings. The fourth-order valence-electron chi connectivity index (χ4n) is 3.95. The highest BCUT2D eigenvalue weighted by Gasteiger charge is 2.33. The van der Waals surface area contributed by atoms with Crippen LogP contribution in [0, 0.1) is 11.8 Å². The number of aliphatic carboxylic acids is 1. The molecule has 1 aromatic carbocycles. The Kier molecular flexibility index (Phi) is 6.94. The number of urea groups is 1. The lowest BCUT2D eigenvalue weighted by atomic mass is 9.91. The monoisotopic (exact) mass is 388 g/mol. The van der Waals surface area contributed by atoms with Crippen LogP contribution in [0.25, 0.3) is 0 Å². The number of rotatable bonds is 8. The number of nitrogens with zero attached hydrogens (tertiary/aromatic N) is 1. The van der Waals surface area contributed by atoms with Gasteiger partial charge in [-0.25, -0.2) is 4.79 Å². The van der Waals surface area contributed by atoms with Crippen LogP contribution in [0.3, 0.4) is 0 Å². The van der Waals surface area contributed by atoms with E-state index in [-0.39, 0.29) is 24.6 Å². The molecule has 6 nitrogen and oxygen atoms in total. The Balaban J connectivity index is 1.65. The number of benzene rings is 1. The third-order valence-electron chi connectivity index (χ3n) is 5.50. The predicted molar refractivity (Wildman–Crippen MR) is 108 cm³/mol. The first kappa shape index (κ1) is 20.6. The quantitative estimate of drug-likeness (QED) is 0.678. The van der Waals surface area contributed by atoms with E-state index in [2.05, 4.69) is 19.2 Å². The smallest absolute Gasteiger partial charge is 0.323 e. The molecular weight excluding hydrogens is 356 g/mol. The Hall–Kier alpha value is -2.08. The van der Waals surface area contributed by atoms with Crippen LogP contribution in [0.2, 0.25) is 0 Å². The molecule has 2 aliphatic rings. The minimum Gasteiger partial charge on any atom is -0.481 e. The number of carboxylic acid groups (broad SMARTS) is 1. The van der Waals surface area contributed by atoms with Gasteiger partial charge in [-0.1, -0.05) is 26.0 Å². The summed E-state index contributed by atoms with van der Waals surface area (Å²) in [7, 11) is 0. The lowest BCUT2D eigenvalue weighted by Crippen LogP contribution is -2.47. The molecule has 1 aliphatic carbocycles. The summed E-state index contributed by atoms with van der Waals surface area (Å²) in [6.45, 7) is 5.54. The molecule has 1 aromatic rings. The van der Waals surface area contributed by atoms with E-state index < -0.39 is 5.97 Å². The van der Waals surface area contributed by atoms with Crippen LogP contribution in [0.5, 0.6) is 0 Å². The van der Waals surface area contributed by atoms with Crippen LogP contribution in [0.4, 0.5) is 10.5 Å². The standard InChI is InChI=1S/C22H32N2O4/c1-15(2)14-24(20-5-3-4-12-28-20)22(27)23-18-10-8-17(9-11-18)19(13-21(25)26)16-6-7-16/h8-11,15-16,19-20H,3-7,12-14H2,1-2H3,(H,23,27)(H,25,26). The lowest BCUT2D eigenvalue weighted by molar-refractivity contribution is -0.137. The van der Waals surface area contributed by atoms with Crippen molar-refractivity contribution in [3.05, 3.63) is 29.8 Å². The first-order valence-corrected chi connectivity index (χ1v) is 10.4. The first-order valence-electron chi connectivity index (χ1n) is 10.4. The van der Waals surface area contributed by atoms with Crippen molar-refractivity contribution in [3.63, 3.8) is 0 Å². The van der Waals surface area contributed by atoms with Crippen molar-refractivity contribution in [1.29, 1.82) is 0 Å². The number of carbonyl (C=O) groups is 2. The van der Waals surface area contributed by atoms with Crippen molar-refractivity contribution in [1.82, 2.24) is 4.90 Å². The summed E-state index contributed by atoms with van der Waals surface area (Å²) in [6.07, 6.45) is 5.20. The topological polar surface area (TPSA) is 78.9 Å². The fraction of sp³-hybridized carbons (Fsp3) is 0.636. The molecular formula is C22H32N2O4. The molecule has 2 N–H and O–H groups in total. The van der Waals surface area contributed by atoms with E-state index in [0.717, 1.165) is 43.4 Å². The van der Waals surface area contributed by atoms with Crippen molar-refractivity contribution in [2.24, 2.45) is 11.8 Å². The maximum Gasteiger partial charge on any atom is 0.323 e. The third-order valence-corrected chi connectivity index (χ3v) is 5.50. The van der Waals surface area contributed by atoms with Gasteiger partial charge in [0.2, 0.25) is 0 Å². The number of anilines is 1. The normalized spacial score (nSPS) is 20.6. The summed E-state index contributed by atoms with van der Waals surface area (Å²) in [5.74, 6) is 0.136. The number of ether oxygens (including phenoxy) is 1. The van der Waals surface area contributed by atoms with Gasteiger partial charge in [-0.2, -0.15) is 0 Å². The van der Waals surface area contributed by atoms with Crippen LogP contribution in [0.1, 0.15) is 63.9 Å². The van der Waals surface area contributed by atoms with Gasteiger partial charge in [0.15, 0.2) is 0 Å². The van der Waals surface area contributed by atoms with Crippen molar-refractivity contribution in [3.8, 4) is 0 Å². The Morgan fingerprint density at radius 1 is 1.18 bits per heavy atom. The second kappa shape index (κ2) is 9.41. The number of hydrogen-bond acceptors (Lipinski definition) is 3. The molecule has 1 heterocycles. The number of amides is 2. The summed E-state index contributed by atoms with van der Waals surface area (Å²) >= 11 is 0. The van der Waals surface area contributed by atoms with Crippen LogP contribution < -0.4 is 5.32 Å². The SMILES string of the molecule is CC(C)CN(C(=O)Nc1ccc(C(CC(=O)O)C2CC2)cc1)C1CCCCO1. The summed E-state index contributed by atoms with van der Waals surface area (Å²) in [5, 5.41) is 12.2. The molecule has 0 spiro atoms. The van der Waals surface area contributed by atoms with Crippen LogP contribution in [-0.2, 0) is 9.53 Å². The summed E-state index contributed by atoms with van der Waals surface area (Å²) in [4.78, 5) is 25.9. The minimum atomic E-state index is -0.758. The number of carboxylic acids is 1. The summed E-state index contributed by atoms with van der Waals surface area (Å²) in [6, 6.07) is 7.51. The highest BCUT2D eigenvalue weighted by molar-refractivity contribution is 5.89. The first-order chi connectivity index (χ1) is 13.4. The Morgan fingerprint density at radius 2 is 1.89 bits per heavy atom. The third kappa shape index (κ3) is 5.71. The van der Waals surface area contributed by atoms with E-state index in [1.54, 1.807) is 4.90 Å². The van der Waals surface area contributed by atoms with Gasteiger partial charge in [0.1, 0.15) is 6.23 Å². The zero-order chi connectivity index (χ0) is 20.1. The molecule has 1 saturated heterocycles. The van der Waals surface area contributed by atoms with Gasteiger partial charge in [0.05, 0.1) is 6.42 Å². The van der Waals surface area contributed by atoms with Crippen molar-refractivity contribution < 1.29 is 19.4 Å². The van der Waals surface area contributed by atoms with Gasteiger partial charge in [0.25, 0.3) is 0 Å². The van der Waals surface area contributed by atoms with Gasteiger partial charge in [-0.05, 0) is 67.6 Å². The summed E-state index contributed by atoms with van der Waals surface area (Å²) in [5.41, 5.74) is 1.76. The van der Waals surface area contributed by atoms with E-state index >= 15 is 0 Å². The number of nitrogens with one attached hydrogen (secondary N) is 1. The molecule has 2 unspecified atom stereocenters. The van der Waals surface area contributed by atoms with E-state index in [0.29, 0.717) is 25.0 Å². The second-order valence-electron chi connectivity index (χ2n) is 8.46. The average molecular weight is 389 g/mol. The molecule has 154 valence electrons. The Labute approximate surface area is 167 Å².